The van der Waals surface area contributed by atoms with E-state index in [9.17, 15) is 0 Å². The number of unbranched alkanes of at least 4 members (excludes halogenated alkanes) is 1. The van der Waals surface area contributed by atoms with E-state index in [0.29, 0.717) is 6.54 Å². The van der Waals surface area contributed by atoms with Crippen molar-refractivity contribution < 1.29 is 4.52 Å². The zero-order chi connectivity index (χ0) is 17.1. The van der Waals surface area contributed by atoms with Crippen molar-refractivity contribution in [2.24, 2.45) is 4.99 Å². The third-order valence-electron chi connectivity index (χ3n) is 3.94. The number of aliphatic imine (C=N–C) groups is 1. The van der Waals surface area contributed by atoms with Gasteiger partial charge in [0, 0.05) is 38.7 Å². The van der Waals surface area contributed by atoms with E-state index in [0.717, 1.165) is 55.5 Å². The Balaban J connectivity index is 0.00000529. The highest BCUT2D eigenvalue weighted by atomic mass is 127. The molecule has 1 heterocycles. The molecule has 7 heteroatoms. The van der Waals surface area contributed by atoms with Crippen LogP contribution in [0.1, 0.15) is 50.6 Å². The van der Waals surface area contributed by atoms with Crippen LogP contribution in [0.3, 0.4) is 0 Å². The van der Waals surface area contributed by atoms with Crippen LogP contribution >= 0.6 is 24.0 Å². The van der Waals surface area contributed by atoms with Crippen LogP contribution in [0.2, 0.25) is 0 Å². The minimum atomic E-state index is 0. The minimum Gasteiger partial charge on any atom is -0.361 e. The van der Waals surface area contributed by atoms with Gasteiger partial charge in [-0.25, -0.2) is 0 Å². The molecule has 1 aromatic rings. The Morgan fingerprint density at radius 1 is 1.17 bits per heavy atom. The molecule has 1 aromatic heterocycles. The zero-order valence-corrected chi connectivity index (χ0v) is 18.1. The first-order valence-electron chi connectivity index (χ1n) is 8.75. The molecule has 0 aromatic carbocycles. The van der Waals surface area contributed by atoms with Crippen molar-refractivity contribution in [3.8, 4) is 0 Å². The van der Waals surface area contributed by atoms with Crippen molar-refractivity contribution >= 4 is 29.9 Å². The fourth-order valence-electron chi connectivity index (χ4n) is 2.44. The molecule has 0 amide bonds. The van der Waals surface area contributed by atoms with Gasteiger partial charge in [-0.2, -0.15) is 0 Å². The average molecular weight is 451 g/mol. The van der Waals surface area contributed by atoms with Crippen molar-refractivity contribution in [3.05, 3.63) is 17.0 Å². The normalized spacial score (nSPS) is 11.5. The lowest BCUT2D eigenvalue weighted by Gasteiger charge is -2.18. The monoisotopic (exact) mass is 451 g/mol. The van der Waals surface area contributed by atoms with Gasteiger partial charge in [0.05, 0.1) is 5.69 Å². The molecular weight excluding hydrogens is 417 g/mol. The summed E-state index contributed by atoms with van der Waals surface area (Å²) in [6.45, 7) is 10.1. The first-order chi connectivity index (χ1) is 11.2. The van der Waals surface area contributed by atoms with Crippen molar-refractivity contribution in [1.82, 2.24) is 20.7 Å². The summed E-state index contributed by atoms with van der Waals surface area (Å²) in [5.74, 6) is 1.78. The zero-order valence-electron chi connectivity index (χ0n) is 15.8. The van der Waals surface area contributed by atoms with Crippen LogP contribution in [-0.2, 0) is 19.4 Å². The number of rotatable bonds is 10. The van der Waals surface area contributed by atoms with Crippen LogP contribution in [0.4, 0.5) is 0 Å². The van der Waals surface area contributed by atoms with Gasteiger partial charge < -0.3 is 20.1 Å². The lowest BCUT2D eigenvalue weighted by atomic mass is 10.1. The molecule has 0 radical (unpaired) electrons. The molecule has 1 rings (SSSR count). The van der Waals surface area contributed by atoms with Gasteiger partial charge >= 0.3 is 0 Å². The van der Waals surface area contributed by atoms with E-state index < -0.39 is 0 Å². The van der Waals surface area contributed by atoms with E-state index in [4.69, 9.17) is 4.52 Å². The predicted molar refractivity (Wildman–Crippen MR) is 111 cm³/mol. The van der Waals surface area contributed by atoms with Gasteiger partial charge in [-0.1, -0.05) is 32.3 Å². The summed E-state index contributed by atoms with van der Waals surface area (Å²) in [5, 5.41) is 10.9. The number of nitrogens with one attached hydrogen (secondary N) is 2. The Kier molecular flexibility index (Phi) is 13.0. The van der Waals surface area contributed by atoms with Gasteiger partial charge in [0.2, 0.25) is 0 Å². The van der Waals surface area contributed by atoms with E-state index >= 15 is 0 Å². The largest absolute Gasteiger partial charge is 0.361 e. The Hall–Kier alpha value is -0.830. The van der Waals surface area contributed by atoms with Crippen molar-refractivity contribution in [2.75, 3.05) is 33.7 Å². The summed E-state index contributed by atoms with van der Waals surface area (Å²) < 4.78 is 5.39. The minimum absolute atomic E-state index is 0. The molecule has 0 saturated carbocycles. The molecule has 0 saturated heterocycles. The highest BCUT2D eigenvalue weighted by molar-refractivity contribution is 14.0. The Labute approximate surface area is 163 Å². The summed E-state index contributed by atoms with van der Waals surface area (Å²) in [7, 11) is 3.96. The summed E-state index contributed by atoms with van der Waals surface area (Å²) >= 11 is 0. The van der Waals surface area contributed by atoms with E-state index in [-0.39, 0.29) is 24.0 Å². The molecule has 2 N–H and O–H groups in total. The second-order valence-corrected chi connectivity index (χ2v) is 5.75. The molecule has 0 bridgehead atoms. The molecule has 24 heavy (non-hydrogen) atoms. The van der Waals surface area contributed by atoms with Crippen molar-refractivity contribution in [3.63, 3.8) is 0 Å². The molecule has 6 nitrogen and oxygen atoms in total. The van der Waals surface area contributed by atoms with E-state index in [1.807, 2.05) is 0 Å². The molecule has 0 aliphatic rings. The Morgan fingerprint density at radius 3 is 2.50 bits per heavy atom. The predicted octanol–water partition coefficient (Wildman–Crippen LogP) is 2.81. The summed E-state index contributed by atoms with van der Waals surface area (Å²) in [4.78, 5) is 6.62. The number of aryl methyl sites for hydroxylation is 2. The number of hydrogen-bond acceptors (Lipinski definition) is 4. The molecule has 0 aliphatic heterocycles. The van der Waals surface area contributed by atoms with Gasteiger partial charge in [0.1, 0.15) is 5.76 Å². The lowest BCUT2D eigenvalue weighted by Crippen LogP contribution is -2.40. The number of halogens is 1. The molecule has 0 aliphatic carbocycles. The second kappa shape index (κ2) is 13.5. The summed E-state index contributed by atoms with van der Waals surface area (Å²) in [5.41, 5.74) is 2.20. The van der Waals surface area contributed by atoms with E-state index in [1.54, 1.807) is 7.05 Å². The van der Waals surface area contributed by atoms with Gasteiger partial charge in [0.25, 0.3) is 0 Å². The molecule has 0 spiro atoms. The van der Waals surface area contributed by atoms with Gasteiger partial charge in [0.15, 0.2) is 5.96 Å². The molecule has 0 unspecified atom stereocenters. The number of guanidine groups is 1. The third-order valence-corrected chi connectivity index (χ3v) is 3.94. The fourth-order valence-corrected chi connectivity index (χ4v) is 2.44. The SMILES string of the molecule is CCCCN(C)CCNC(=NC)NCc1c(CC)noc1CC.I. The second-order valence-electron chi connectivity index (χ2n) is 5.75. The Morgan fingerprint density at radius 2 is 1.92 bits per heavy atom. The van der Waals surface area contributed by atoms with Gasteiger partial charge in [-0.15, -0.1) is 24.0 Å². The number of nitrogens with zero attached hydrogens (tertiary/aromatic N) is 3. The number of aromatic nitrogens is 1. The first-order valence-corrected chi connectivity index (χ1v) is 8.75. The summed E-state index contributed by atoms with van der Waals surface area (Å²) in [6.07, 6.45) is 4.23. The van der Waals surface area contributed by atoms with Crippen LogP contribution in [0.15, 0.2) is 9.52 Å². The lowest BCUT2D eigenvalue weighted by molar-refractivity contribution is 0.332. The Bertz CT molecular complexity index is 454. The van der Waals surface area contributed by atoms with Crippen molar-refractivity contribution in [2.45, 2.75) is 53.0 Å². The van der Waals surface area contributed by atoms with E-state index in [1.165, 1.54) is 12.8 Å². The molecule has 140 valence electrons. The quantitative estimate of drug-likeness (QED) is 0.326. The molecule has 0 fully saturated rings. The van der Waals surface area contributed by atoms with Gasteiger partial charge in [-0.3, -0.25) is 4.99 Å². The molecular formula is C17H34IN5O. The number of likely N-dealkylation sites (N-methyl/N-ethyl adjacent to an activating group) is 1. The number of hydrogen-bond donors (Lipinski definition) is 2. The van der Waals surface area contributed by atoms with Crippen LogP contribution in [-0.4, -0.2) is 49.7 Å². The van der Waals surface area contributed by atoms with Crippen LogP contribution in [0.5, 0.6) is 0 Å². The maximum atomic E-state index is 5.39. The van der Waals surface area contributed by atoms with Crippen LogP contribution < -0.4 is 10.6 Å². The fraction of sp³-hybridized carbons (Fsp3) is 0.765. The maximum absolute atomic E-state index is 5.39. The molecule has 0 atom stereocenters. The van der Waals surface area contributed by atoms with Crippen LogP contribution in [0.25, 0.3) is 0 Å². The highest BCUT2D eigenvalue weighted by Gasteiger charge is 2.13. The third kappa shape index (κ3) is 7.83. The maximum Gasteiger partial charge on any atom is 0.191 e. The highest BCUT2D eigenvalue weighted by Crippen LogP contribution is 2.15. The van der Waals surface area contributed by atoms with Crippen LogP contribution in [0, 0.1) is 0 Å². The summed E-state index contributed by atoms with van der Waals surface area (Å²) in [6, 6.07) is 0. The average Bonchev–Trinajstić information content (AvgIpc) is 2.97. The van der Waals surface area contributed by atoms with Gasteiger partial charge in [-0.05, 0) is 26.4 Å². The smallest absolute Gasteiger partial charge is 0.191 e. The topological polar surface area (TPSA) is 65.7 Å². The van der Waals surface area contributed by atoms with E-state index in [2.05, 4.69) is 53.5 Å². The van der Waals surface area contributed by atoms with Crippen molar-refractivity contribution in [1.29, 1.82) is 0 Å². The first kappa shape index (κ1) is 23.2. The standard InChI is InChI=1S/C17H33N5O.HI/c1-6-9-11-22(5)12-10-19-17(18-4)20-13-14-15(7-2)21-23-16(14)8-3;/h6-13H2,1-5H3,(H2,18,19,20);1H.